The third-order valence-corrected chi connectivity index (χ3v) is 13.6. The monoisotopic (exact) mass is 990 g/mol. The summed E-state index contributed by atoms with van der Waals surface area (Å²) >= 11 is 0. The van der Waals surface area contributed by atoms with Crippen LogP contribution >= 0.6 is 0 Å². The molecular formula is C55H62N10O8. The van der Waals surface area contributed by atoms with Gasteiger partial charge >= 0.3 is 0 Å². The highest BCUT2D eigenvalue weighted by Gasteiger charge is 2.45. The Kier molecular flexibility index (Phi) is 15.6. The first-order chi connectivity index (χ1) is 35.0. The van der Waals surface area contributed by atoms with Gasteiger partial charge < -0.3 is 30.7 Å². The Morgan fingerprint density at radius 3 is 2.14 bits per heavy atom. The SMILES string of the molecule is Cc1c(NC(=O)c2ccc(C(C)(C)C)cc2)cccc1-c1cn(C)c(=O)c(Nc2ccc(C(=O)N3CCN(CCCCCCNC(=O)CNc4cccc5c4C(=O)N(C4CCC(=O)NC4=O)C5=O)CC3)cc2)n1. The predicted octanol–water partition coefficient (Wildman–Crippen LogP) is 6.00. The van der Waals surface area contributed by atoms with Crippen LogP contribution in [-0.4, -0.2) is 117 Å². The van der Waals surface area contributed by atoms with E-state index in [4.69, 9.17) is 4.98 Å². The second-order valence-corrected chi connectivity index (χ2v) is 19.8. The minimum absolute atomic E-state index is 0.0258. The minimum atomic E-state index is -1.07. The Morgan fingerprint density at radius 2 is 1.44 bits per heavy atom. The molecule has 1 unspecified atom stereocenters. The third kappa shape index (κ3) is 11.9. The van der Waals surface area contributed by atoms with Gasteiger partial charge in [-0.2, -0.15) is 0 Å². The van der Waals surface area contributed by atoms with Crippen LogP contribution in [-0.2, 0) is 26.8 Å². The van der Waals surface area contributed by atoms with E-state index < -0.39 is 29.7 Å². The standard InChI is InChI=1S/C55H62N10O8/c1-34-39(12-10-14-41(34)60-49(68)35-16-20-37(21-17-35)55(2,3)4)43-33-62(5)54(73)48(59-43)58-38-22-18-36(19-23-38)51(70)64-30-28-63(29-31-64)27-9-7-6-8-26-56-46(67)32-57-42-15-11-13-40-47(42)53(72)65(52(40)71)44-24-25-45(66)61-50(44)69/h10-23,33,44,57H,6-9,24-32H2,1-5H3,(H,56,67)(H,58,59)(H,60,68)(H,61,66,69). The molecule has 3 aliphatic heterocycles. The number of piperidine rings is 1. The van der Waals surface area contributed by atoms with Crippen molar-refractivity contribution in [2.75, 3.05) is 61.8 Å². The molecule has 2 saturated heterocycles. The summed E-state index contributed by atoms with van der Waals surface area (Å²) in [6, 6.07) is 23.8. The van der Waals surface area contributed by atoms with E-state index in [0.717, 1.165) is 66.9 Å². The lowest BCUT2D eigenvalue weighted by Gasteiger charge is -2.34. The zero-order chi connectivity index (χ0) is 52.0. The van der Waals surface area contributed by atoms with Crippen LogP contribution in [0.2, 0.25) is 0 Å². The number of carbonyl (C=O) groups is 7. The zero-order valence-corrected chi connectivity index (χ0v) is 41.9. The summed E-state index contributed by atoms with van der Waals surface area (Å²) in [7, 11) is 1.66. The number of benzene rings is 4. The molecule has 0 bridgehead atoms. The number of hydrogen-bond donors (Lipinski definition) is 5. The molecule has 2 fully saturated rings. The average Bonchev–Trinajstić information content (AvgIpc) is 3.63. The second kappa shape index (κ2) is 22.2. The van der Waals surface area contributed by atoms with E-state index in [-0.39, 0.29) is 65.0 Å². The molecule has 0 radical (unpaired) electrons. The number of nitrogens with zero attached hydrogens (tertiary/aromatic N) is 5. The number of nitrogens with one attached hydrogen (secondary N) is 5. The van der Waals surface area contributed by atoms with Crippen LogP contribution < -0.4 is 32.1 Å². The molecule has 380 valence electrons. The van der Waals surface area contributed by atoms with Crippen molar-refractivity contribution in [2.24, 2.45) is 7.05 Å². The lowest BCUT2D eigenvalue weighted by molar-refractivity contribution is -0.136. The first kappa shape index (κ1) is 51.4. The van der Waals surface area contributed by atoms with Gasteiger partial charge in [-0.15, -0.1) is 0 Å². The summed E-state index contributed by atoms with van der Waals surface area (Å²) in [6.45, 7) is 12.3. The Morgan fingerprint density at radius 1 is 0.767 bits per heavy atom. The molecule has 1 aromatic heterocycles. The maximum atomic E-state index is 13.5. The molecule has 5 aromatic rings. The second-order valence-electron chi connectivity index (χ2n) is 19.8. The van der Waals surface area contributed by atoms with Gasteiger partial charge in [0.25, 0.3) is 29.2 Å². The number of unbranched alkanes of at least 4 members (excludes halogenated alkanes) is 3. The molecule has 7 amide bonds. The fraction of sp³-hybridized carbons (Fsp3) is 0.364. The molecule has 4 heterocycles. The highest BCUT2D eigenvalue weighted by molar-refractivity contribution is 6.25. The Bertz CT molecular complexity index is 3010. The van der Waals surface area contributed by atoms with Crippen molar-refractivity contribution in [1.29, 1.82) is 0 Å². The van der Waals surface area contributed by atoms with Gasteiger partial charge in [0, 0.05) is 86.1 Å². The van der Waals surface area contributed by atoms with Gasteiger partial charge in [0.05, 0.1) is 23.4 Å². The Hall–Kier alpha value is -7.99. The summed E-state index contributed by atoms with van der Waals surface area (Å²) in [5, 5.41) is 14.2. The maximum Gasteiger partial charge on any atom is 0.293 e. The van der Waals surface area contributed by atoms with Gasteiger partial charge in [-0.25, -0.2) is 4.98 Å². The maximum absolute atomic E-state index is 13.5. The van der Waals surface area contributed by atoms with E-state index in [1.165, 1.54) is 10.6 Å². The Labute approximate surface area is 423 Å². The fourth-order valence-corrected chi connectivity index (χ4v) is 9.31. The first-order valence-corrected chi connectivity index (χ1v) is 24.8. The van der Waals surface area contributed by atoms with Crippen molar-refractivity contribution in [1.82, 2.24) is 34.9 Å². The molecule has 4 aromatic carbocycles. The van der Waals surface area contributed by atoms with Crippen LogP contribution in [0.1, 0.15) is 112 Å². The van der Waals surface area contributed by atoms with E-state index in [9.17, 15) is 38.4 Å². The van der Waals surface area contributed by atoms with Crippen molar-refractivity contribution in [3.8, 4) is 11.3 Å². The molecule has 0 saturated carbocycles. The van der Waals surface area contributed by atoms with Crippen molar-refractivity contribution in [2.45, 2.75) is 77.7 Å². The molecule has 5 N–H and O–H groups in total. The van der Waals surface area contributed by atoms with Gasteiger partial charge in [0.2, 0.25) is 17.7 Å². The first-order valence-electron chi connectivity index (χ1n) is 24.8. The summed E-state index contributed by atoms with van der Waals surface area (Å²) < 4.78 is 1.47. The van der Waals surface area contributed by atoms with Crippen LogP contribution in [0.15, 0.2) is 95.9 Å². The number of carbonyl (C=O) groups excluding carboxylic acids is 7. The molecule has 73 heavy (non-hydrogen) atoms. The van der Waals surface area contributed by atoms with Crippen molar-refractivity contribution >= 4 is 64.2 Å². The molecule has 8 rings (SSSR count). The van der Waals surface area contributed by atoms with Gasteiger partial charge in [0.15, 0.2) is 5.82 Å². The van der Waals surface area contributed by atoms with Crippen molar-refractivity contribution < 1.29 is 33.6 Å². The van der Waals surface area contributed by atoms with Gasteiger partial charge in [0.1, 0.15) is 6.04 Å². The van der Waals surface area contributed by atoms with Crippen LogP contribution in [0, 0.1) is 6.92 Å². The molecule has 3 aliphatic rings. The van der Waals surface area contributed by atoms with E-state index in [1.807, 2.05) is 54.3 Å². The topological polar surface area (TPSA) is 224 Å². The Balaban J connectivity index is 0.739. The van der Waals surface area contributed by atoms with Crippen LogP contribution in [0.4, 0.5) is 22.9 Å². The minimum Gasteiger partial charge on any atom is -0.375 e. The number of piperazine rings is 1. The summed E-state index contributed by atoms with van der Waals surface area (Å²) in [5.41, 5.74) is 5.78. The van der Waals surface area contributed by atoms with E-state index in [1.54, 1.807) is 49.6 Å². The van der Waals surface area contributed by atoms with Gasteiger partial charge in [-0.1, -0.05) is 63.9 Å². The lowest BCUT2D eigenvalue weighted by atomic mass is 9.86. The summed E-state index contributed by atoms with van der Waals surface area (Å²) in [6.07, 6.45) is 5.44. The number of anilines is 4. The molecule has 0 spiro atoms. The highest BCUT2D eigenvalue weighted by Crippen LogP contribution is 2.33. The molecule has 1 atom stereocenters. The largest absolute Gasteiger partial charge is 0.375 e. The van der Waals surface area contributed by atoms with Crippen molar-refractivity contribution in [3.05, 3.63) is 135 Å². The summed E-state index contributed by atoms with van der Waals surface area (Å²) in [4.78, 5) is 113. The molecule has 18 heteroatoms. The smallest absolute Gasteiger partial charge is 0.293 e. The normalized spacial score (nSPS) is 16.0. The number of imide groups is 2. The van der Waals surface area contributed by atoms with E-state index >= 15 is 0 Å². The number of aryl methyl sites for hydroxylation is 1. The van der Waals surface area contributed by atoms with Crippen molar-refractivity contribution in [3.63, 3.8) is 0 Å². The molecule has 18 nitrogen and oxygen atoms in total. The van der Waals surface area contributed by atoms with Gasteiger partial charge in [-0.3, -0.25) is 53.5 Å². The fourth-order valence-electron chi connectivity index (χ4n) is 9.31. The molecular weight excluding hydrogens is 929 g/mol. The quantitative estimate of drug-likeness (QED) is 0.0535. The number of amides is 7. The summed E-state index contributed by atoms with van der Waals surface area (Å²) in [5.74, 6) is -2.81. The lowest BCUT2D eigenvalue weighted by Crippen LogP contribution is -2.54. The van der Waals surface area contributed by atoms with Gasteiger partial charge in [-0.05, 0) is 104 Å². The number of rotatable bonds is 17. The predicted molar refractivity (Wildman–Crippen MR) is 278 cm³/mol. The molecule has 0 aliphatic carbocycles. The van der Waals surface area contributed by atoms with Crippen LogP contribution in [0.25, 0.3) is 11.3 Å². The third-order valence-electron chi connectivity index (χ3n) is 13.6. The van der Waals surface area contributed by atoms with Crippen LogP contribution in [0.5, 0.6) is 0 Å². The number of fused-ring (bicyclic) bond motifs is 1. The van der Waals surface area contributed by atoms with E-state index in [0.29, 0.717) is 53.5 Å². The number of aromatic nitrogens is 2. The highest BCUT2D eigenvalue weighted by atomic mass is 16.2. The van der Waals surface area contributed by atoms with Crippen LogP contribution in [0.3, 0.4) is 0 Å². The van der Waals surface area contributed by atoms with E-state index in [2.05, 4.69) is 52.3 Å². The number of hydrogen-bond acceptors (Lipinski definition) is 12. The zero-order valence-electron chi connectivity index (χ0n) is 41.9. The average molecular weight is 991 g/mol.